The van der Waals surface area contributed by atoms with Gasteiger partial charge in [-0.15, -0.1) is 0 Å². The van der Waals surface area contributed by atoms with Crippen LogP contribution >= 0.6 is 23.2 Å². The van der Waals surface area contributed by atoms with E-state index in [4.69, 9.17) is 37.4 Å². The summed E-state index contributed by atoms with van der Waals surface area (Å²) in [5, 5.41) is 13.9. The average Bonchev–Trinajstić information content (AvgIpc) is 3.64. The minimum Gasteiger partial charge on any atom is -0.465 e. The first-order valence-corrected chi connectivity index (χ1v) is 20.2. The molecule has 294 valence electrons. The third-order valence-corrected chi connectivity index (χ3v) is 11.2. The van der Waals surface area contributed by atoms with Crippen molar-refractivity contribution in [2.75, 3.05) is 6.61 Å². The van der Waals surface area contributed by atoms with Gasteiger partial charge in [-0.3, -0.25) is 4.79 Å². The zero-order chi connectivity index (χ0) is 41.0. The highest BCUT2D eigenvalue weighted by atomic mass is 35.5. The van der Waals surface area contributed by atoms with E-state index in [0.29, 0.717) is 57.3 Å². The van der Waals surface area contributed by atoms with Gasteiger partial charge in [0.2, 0.25) is 0 Å². The number of carbonyl (C=O) groups is 1. The smallest absolute Gasteiger partial charge is 0.315 e. The molecule has 0 fully saturated rings. The van der Waals surface area contributed by atoms with E-state index in [0.717, 1.165) is 44.3 Å². The van der Waals surface area contributed by atoms with Gasteiger partial charge in [-0.1, -0.05) is 108 Å². The Balaban J connectivity index is 1.13. The number of ether oxygens (including phenoxy) is 3. The summed E-state index contributed by atoms with van der Waals surface area (Å²) in [7, 11) is 0. The molecule has 0 saturated heterocycles. The normalized spacial score (nSPS) is 12.3. The summed E-state index contributed by atoms with van der Waals surface area (Å²) < 4.78 is 23.4. The highest BCUT2D eigenvalue weighted by Gasteiger charge is 2.34. The highest BCUT2D eigenvalue weighted by molar-refractivity contribution is 6.31. The van der Waals surface area contributed by atoms with Crippen LogP contribution in [0.4, 0.5) is 0 Å². The topological polar surface area (TPSA) is 78.4 Å². The first-order chi connectivity index (χ1) is 28.7. The maximum atomic E-state index is 13.9. The molecule has 6 aromatic carbocycles. The maximum Gasteiger partial charge on any atom is 0.315 e. The molecule has 0 aliphatic rings. The van der Waals surface area contributed by atoms with Crippen LogP contribution < -0.4 is 9.47 Å². The number of esters is 1. The van der Waals surface area contributed by atoms with Gasteiger partial charge in [0.15, 0.2) is 11.5 Å². The Bertz CT molecular complexity index is 2840. The van der Waals surface area contributed by atoms with E-state index in [1.807, 2.05) is 135 Å². The van der Waals surface area contributed by atoms with Crippen LogP contribution in [0.15, 0.2) is 146 Å². The second kappa shape index (κ2) is 17.2. The number of nitriles is 1. The Labute approximate surface area is 353 Å². The number of hydrogen-bond donors (Lipinski definition) is 0. The molecule has 59 heavy (non-hydrogen) atoms. The van der Waals surface area contributed by atoms with E-state index in [1.54, 1.807) is 6.92 Å². The third-order valence-electron chi connectivity index (χ3n) is 10.7. The Morgan fingerprint density at radius 2 is 1.10 bits per heavy atom. The van der Waals surface area contributed by atoms with Crippen LogP contribution in [0.25, 0.3) is 21.8 Å². The summed E-state index contributed by atoms with van der Waals surface area (Å²) in [6.07, 6.45) is 0. The largest absolute Gasteiger partial charge is 0.465 e. The number of aromatic nitrogens is 2. The summed E-state index contributed by atoms with van der Waals surface area (Å²) in [5.41, 5.74) is 7.23. The predicted molar refractivity (Wildman–Crippen MR) is 235 cm³/mol. The SMILES string of the molecule is CCOC(=O)C(c1cccc(Oc2c(C)n(Cc3ccccc3)c3cc(Cl)ccc23)c1)C(C#N)c1cccc(Oc2c(C)n(Cc3ccccc3)c3cc(Cl)ccc23)c1. The van der Waals surface area contributed by atoms with Gasteiger partial charge in [0, 0.05) is 33.9 Å². The summed E-state index contributed by atoms with van der Waals surface area (Å²) in [6, 6.07) is 49.1. The van der Waals surface area contributed by atoms with E-state index >= 15 is 0 Å². The Morgan fingerprint density at radius 3 is 1.58 bits per heavy atom. The number of nitrogens with zero attached hydrogens (tertiary/aromatic N) is 3. The number of carbonyl (C=O) groups excluding carboxylic acids is 1. The molecular weight excluding hydrogens is 777 g/mol. The third kappa shape index (κ3) is 8.16. The lowest BCUT2D eigenvalue weighted by Crippen LogP contribution is -2.22. The zero-order valence-corrected chi connectivity index (χ0v) is 34.4. The van der Waals surface area contributed by atoms with Gasteiger partial charge in [0.1, 0.15) is 17.4 Å². The maximum absolute atomic E-state index is 13.9. The molecule has 2 atom stereocenters. The van der Waals surface area contributed by atoms with Crippen molar-refractivity contribution in [1.29, 1.82) is 5.26 Å². The first-order valence-electron chi connectivity index (χ1n) is 19.5. The van der Waals surface area contributed by atoms with Gasteiger partial charge in [-0.05, 0) is 104 Å². The molecule has 8 aromatic rings. The summed E-state index contributed by atoms with van der Waals surface area (Å²) >= 11 is 13.0. The summed E-state index contributed by atoms with van der Waals surface area (Å²) in [5.74, 6) is 0.0317. The minimum atomic E-state index is -0.963. The van der Waals surface area contributed by atoms with Gasteiger partial charge in [0.05, 0.1) is 41.0 Å². The van der Waals surface area contributed by atoms with Crippen molar-refractivity contribution < 1.29 is 19.0 Å². The molecule has 2 unspecified atom stereocenters. The van der Waals surface area contributed by atoms with Crippen molar-refractivity contribution >= 4 is 51.0 Å². The number of benzene rings is 6. The Hall–Kier alpha value is -6.46. The van der Waals surface area contributed by atoms with E-state index in [1.165, 1.54) is 0 Å². The lowest BCUT2D eigenvalue weighted by Gasteiger charge is -2.22. The molecule has 0 aliphatic carbocycles. The molecule has 0 N–H and O–H groups in total. The first kappa shape index (κ1) is 39.4. The lowest BCUT2D eigenvalue weighted by molar-refractivity contribution is -0.145. The van der Waals surface area contributed by atoms with Crippen LogP contribution in [-0.2, 0) is 22.6 Å². The van der Waals surface area contributed by atoms with Crippen LogP contribution in [0.5, 0.6) is 23.0 Å². The molecule has 0 radical (unpaired) electrons. The molecular formula is C50H41Cl2N3O4. The fourth-order valence-electron chi connectivity index (χ4n) is 7.85. The molecule has 7 nitrogen and oxygen atoms in total. The molecule has 0 bridgehead atoms. The van der Waals surface area contributed by atoms with Crippen molar-refractivity contribution in [3.8, 4) is 29.1 Å². The highest BCUT2D eigenvalue weighted by Crippen LogP contribution is 2.42. The summed E-state index contributed by atoms with van der Waals surface area (Å²) in [4.78, 5) is 13.9. The average molecular weight is 819 g/mol. The van der Waals surface area contributed by atoms with Crippen LogP contribution in [0.1, 0.15) is 52.4 Å². The molecule has 2 heterocycles. The van der Waals surface area contributed by atoms with Crippen LogP contribution in [0.2, 0.25) is 10.0 Å². The fraction of sp³-hybridized carbons (Fsp3) is 0.160. The quantitative estimate of drug-likeness (QED) is 0.108. The predicted octanol–water partition coefficient (Wildman–Crippen LogP) is 13.2. The van der Waals surface area contributed by atoms with Gasteiger partial charge in [-0.2, -0.15) is 5.26 Å². The van der Waals surface area contributed by atoms with E-state index in [2.05, 4.69) is 39.5 Å². The standard InChI is InChI=1S/C50H41Cl2N3O4/c1-4-57-50(56)47(37-18-12-20-41(26-37)59-49-33(3)55(31-35-15-9-6-10-16-35)46-28-39(52)22-24-43(46)49)44(29-53)36-17-11-19-40(25-36)58-48-32(2)54(30-34-13-7-5-8-14-34)45-27-38(51)21-23-42(45)48/h5-28,44,47H,4,30-31H2,1-3H3. The van der Waals surface area contributed by atoms with Crippen molar-refractivity contribution in [3.05, 3.63) is 189 Å². The molecule has 0 saturated carbocycles. The number of hydrogen-bond acceptors (Lipinski definition) is 5. The van der Waals surface area contributed by atoms with Crippen molar-refractivity contribution in [3.63, 3.8) is 0 Å². The van der Waals surface area contributed by atoms with Gasteiger partial charge >= 0.3 is 5.97 Å². The van der Waals surface area contributed by atoms with Crippen molar-refractivity contribution in [1.82, 2.24) is 9.13 Å². The molecule has 0 aliphatic heterocycles. The number of rotatable bonds is 13. The van der Waals surface area contributed by atoms with Crippen LogP contribution in [-0.4, -0.2) is 21.7 Å². The Morgan fingerprint density at radius 1 is 0.627 bits per heavy atom. The van der Waals surface area contributed by atoms with E-state index < -0.39 is 17.8 Å². The lowest BCUT2D eigenvalue weighted by atomic mass is 9.82. The van der Waals surface area contributed by atoms with Crippen molar-refractivity contribution in [2.24, 2.45) is 0 Å². The Kier molecular flexibility index (Phi) is 11.5. The number of fused-ring (bicyclic) bond motifs is 2. The van der Waals surface area contributed by atoms with Gasteiger partial charge in [-0.25, -0.2) is 0 Å². The minimum absolute atomic E-state index is 0.159. The molecule has 0 amide bonds. The summed E-state index contributed by atoms with van der Waals surface area (Å²) in [6.45, 7) is 7.24. The molecule has 0 spiro atoms. The van der Waals surface area contributed by atoms with Crippen LogP contribution in [0.3, 0.4) is 0 Å². The molecule has 8 rings (SSSR count). The fourth-order valence-corrected chi connectivity index (χ4v) is 8.18. The van der Waals surface area contributed by atoms with Gasteiger partial charge < -0.3 is 23.3 Å². The molecule has 9 heteroatoms. The second-order valence-corrected chi connectivity index (χ2v) is 15.4. The van der Waals surface area contributed by atoms with Crippen molar-refractivity contribution in [2.45, 2.75) is 45.7 Å². The van der Waals surface area contributed by atoms with Crippen LogP contribution in [0, 0.1) is 25.2 Å². The van der Waals surface area contributed by atoms with E-state index in [-0.39, 0.29) is 6.61 Å². The second-order valence-electron chi connectivity index (χ2n) is 14.5. The van der Waals surface area contributed by atoms with Gasteiger partial charge in [0.25, 0.3) is 0 Å². The van der Waals surface area contributed by atoms with E-state index in [9.17, 15) is 10.1 Å². The zero-order valence-electron chi connectivity index (χ0n) is 32.9. The molecule has 2 aromatic heterocycles. The number of halogens is 2. The monoisotopic (exact) mass is 817 g/mol.